The van der Waals surface area contributed by atoms with Crippen LogP contribution in [0.25, 0.3) is 0 Å². The van der Waals surface area contributed by atoms with Gasteiger partial charge in [-0.05, 0) is 36.5 Å². The van der Waals surface area contributed by atoms with Gasteiger partial charge in [-0.15, -0.1) is 0 Å². The van der Waals surface area contributed by atoms with Gasteiger partial charge in [0.2, 0.25) is 0 Å². The van der Waals surface area contributed by atoms with Gasteiger partial charge in [-0.2, -0.15) is 0 Å². The van der Waals surface area contributed by atoms with Crippen LogP contribution in [0.4, 0.5) is 5.69 Å². The van der Waals surface area contributed by atoms with Gasteiger partial charge in [-0.25, -0.2) is 8.42 Å². The maximum Gasteiger partial charge on any atom is 0.150 e. The van der Waals surface area contributed by atoms with E-state index in [4.69, 9.17) is 5.73 Å². The second kappa shape index (κ2) is 3.97. The third kappa shape index (κ3) is 2.29. The van der Waals surface area contributed by atoms with Gasteiger partial charge in [0.15, 0.2) is 0 Å². The van der Waals surface area contributed by atoms with Gasteiger partial charge in [-0.3, -0.25) is 0 Å². The summed E-state index contributed by atoms with van der Waals surface area (Å²) in [5, 5.41) is 9.30. The zero-order valence-corrected chi connectivity index (χ0v) is 9.70. The number of hydrogen-bond donors (Lipinski definition) is 2. The molecule has 1 aromatic carbocycles. The molecule has 16 heavy (non-hydrogen) atoms. The summed E-state index contributed by atoms with van der Waals surface area (Å²) in [6.07, 6.45) is 1.29. The molecule has 4 nitrogen and oxygen atoms in total. The summed E-state index contributed by atoms with van der Waals surface area (Å²) in [7, 11) is -2.82. The molecule has 5 heteroatoms. The smallest absolute Gasteiger partial charge is 0.150 e. The van der Waals surface area contributed by atoms with Gasteiger partial charge >= 0.3 is 0 Å². The fourth-order valence-electron chi connectivity index (χ4n) is 2.05. The van der Waals surface area contributed by atoms with E-state index in [-0.39, 0.29) is 23.2 Å². The SMILES string of the molecule is Nc1cc(C2CCS(=O)(=O)CC2)ccc1O. The van der Waals surface area contributed by atoms with E-state index < -0.39 is 9.84 Å². The van der Waals surface area contributed by atoms with Crippen LogP contribution in [0.15, 0.2) is 18.2 Å². The van der Waals surface area contributed by atoms with Crippen molar-refractivity contribution < 1.29 is 13.5 Å². The number of sulfone groups is 1. The van der Waals surface area contributed by atoms with Crippen LogP contribution >= 0.6 is 0 Å². The van der Waals surface area contributed by atoms with E-state index in [1.165, 1.54) is 0 Å². The monoisotopic (exact) mass is 241 g/mol. The molecule has 3 N–H and O–H groups in total. The fourth-order valence-corrected chi connectivity index (χ4v) is 3.54. The molecule has 1 aliphatic rings. The van der Waals surface area contributed by atoms with E-state index in [2.05, 4.69) is 0 Å². The van der Waals surface area contributed by atoms with Crippen LogP contribution < -0.4 is 5.73 Å². The van der Waals surface area contributed by atoms with Gasteiger partial charge in [0.05, 0.1) is 17.2 Å². The first-order valence-electron chi connectivity index (χ1n) is 5.27. The van der Waals surface area contributed by atoms with E-state index in [0.717, 1.165) is 5.56 Å². The quantitative estimate of drug-likeness (QED) is 0.573. The number of phenols is 1. The van der Waals surface area contributed by atoms with Crippen LogP contribution in [0.3, 0.4) is 0 Å². The van der Waals surface area contributed by atoms with Crippen molar-refractivity contribution in [1.82, 2.24) is 0 Å². The van der Waals surface area contributed by atoms with Gasteiger partial charge in [0, 0.05) is 0 Å². The number of phenolic OH excluding ortho intramolecular Hbond substituents is 1. The number of nitrogens with two attached hydrogens (primary N) is 1. The van der Waals surface area contributed by atoms with Gasteiger partial charge in [0.1, 0.15) is 15.6 Å². The zero-order chi connectivity index (χ0) is 11.8. The molecule has 1 fully saturated rings. The summed E-state index contributed by atoms with van der Waals surface area (Å²) < 4.78 is 22.6. The summed E-state index contributed by atoms with van der Waals surface area (Å²) in [5.74, 6) is 0.815. The van der Waals surface area contributed by atoms with Crippen molar-refractivity contribution in [1.29, 1.82) is 0 Å². The summed E-state index contributed by atoms with van der Waals surface area (Å²) in [6, 6.07) is 5.11. The number of benzene rings is 1. The number of anilines is 1. The summed E-state index contributed by atoms with van der Waals surface area (Å²) in [5.41, 5.74) is 6.98. The molecule has 0 spiro atoms. The van der Waals surface area contributed by atoms with Crippen molar-refractivity contribution in [3.63, 3.8) is 0 Å². The second-order valence-corrected chi connectivity index (χ2v) is 6.55. The van der Waals surface area contributed by atoms with Crippen molar-refractivity contribution in [2.45, 2.75) is 18.8 Å². The highest BCUT2D eigenvalue weighted by Gasteiger charge is 2.24. The van der Waals surface area contributed by atoms with Crippen molar-refractivity contribution in [3.8, 4) is 5.75 Å². The maximum absolute atomic E-state index is 11.3. The normalized spacial score (nSPS) is 20.8. The Hall–Kier alpha value is -1.23. The molecule has 1 saturated heterocycles. The molecule has 1 aliphatic heterocycles. The Bertz CT molecular complexity index is 482. The highest BCUT2D eigenvalue weighted by atomic mass is 32.2. The standard InChI is InChI=1S/C11H15NO3S/c12-10-7-9(1-2-11(10)13)8-3-5-16(14,15)6-4-8/h1-2,7-8,13H,3-6,12H2. The van der Waals surface area contributed by atoms with Crippen LogP contribution in [0, 0.1) is 0 Å². The second-order valence-electron chi connectivity index (χ2n) is 4.24. The van der Waals surface area contributed by atoms with Crippen LogP contribution in [-0.4, -0.2) is 25.0 Å². The van der Waals surface area contributed by atoms with E-state index in [9.17, 15) is 13.5 Å². The Balaban J connectivity index is 2.17. The Kier molecular flexibility index (Phi) is 2.80. The highest BCUT2D eigenvalue weighted by Crippen LogP contribution is 2.32. The third-order valence-corrected chi connectivity index (χ3v) is 4.79. The van der Waals surface area contributed by atoms with E-state index in [0.29, 0.717) is 18.5 Å². The fraction of sp³-hybridized carbons (Fsp3) is 0.455. The zero-order valence-electron chi connectivity index (χ0n) is 8.89. The van der Waals surface area contributed by atoms with E-state index in [1.54, 1.807) is 12.1 Å². The van der Waals surface area contributed by atoms with Crippen molar-refractivity contribution >= 4 is 15.5 Å². The number of nitrogen functional groups attached to an aromatic ring is 1. The lowest BCUT2D eigenvalue weighted by molar-refractivity contribution is 0.477. The van der Waals surface area contributed by atoms with Crippen LogP contribution in [-0.2, 0) is 9.84 Å². The average Bonchev–Trinajstić information content (AvgIpc) is 2.22. The van der Waals surface area contributed by atoms with Gasteiger partial charge < -0.3 is 10.8 Å². The number of rotatable bonds is 1. The summed E-state index contributed by atoms with van der Waals surface area (Å²) >= 11 is 0. The lowest BCUT2D eigenvalue weighted by Crippen LogP contribution is -2.22. The number of aromatic hydroxyl groups is 1. The highest BCUT2D eigenvalue weighted by molar-refractivity contribution is 7.91. The minimum absolute atomic E-state index is 0.0761. The average molecular weight is 241 g/mol. The molecule has 1 heterocycles. The van der Waals surface area contributed by atoms with Crippen LogP contribution in [0.5, 0.6) is 5.75 Å². The minimum atomic E-state index is -2.82. The Morgan fingerprint density at radius 2 is 1.88 bits per heavy atom. The first-order valence-corrected chi connectivity index (χ1v) is 7.09. The topological polar surface area (TPSA) is 80.4 Å². The molecular weight excluding hydrogens is 226 g/mol. The molecule has 0 saturated carbocycles. The molecule has 0 bridgehead atoms. The van der Waals surface area contributed by atoms with Crippen molar-refractivity contribution in [2.75, 3.05) is 17.2 Å². The molecule has 0 aliphatic carbocycles. The lowest BCUT2D eigenvalue weighted by atomic mass is 9.93. The molecule has 0 unspecified atom stereocenters. The van der Waals surface area contributed by atoms with Gasteiger partial charge in [0.25, 0.3) is 0 Å². The summed E-state index contributed by atoms with van der Waals surface area (Å²) in [6.45, 7) is 0. The van der Waals surface area contributed by atoms with Crippen molar-refractivity contribution in [3.05, 3.63) is 23.8 Å². The minimum Gasteiger partial charge on any atom is -0.506 e. The molecular formula is C11H15NO3S. The summed E-state index contributed by atoms with van der Waals surface area (Å²) in [4.78, 5) is 0. The maximum atomic E-state index is 11.3. The molecule has 1 aromatic rings. The molecule has 0 atom stereocenters. The largest absolute Gasteiger partial charge is 0.506 e. The van der Waals surface area contributed by atoms with Crippen LogP contribution in [0.1, 0.15) is 24.3 Å². The predicted molar refractivity (Wildman–Crippen MR) is 63.1 cm³/mol. The Morgan fingerprint density at radius 3 is 2.44 bits per heavy atom. The lowest BCUT2D eigenvalue weighted by Gasteiger charge is -2.22. The Morgan fingerprint density at radius 1 is 1.25 bits per heavy atom. The third-order valence-electron chi connectivity index (χ3n) is 3.08. The molecule has 0 amide bonds. The molecule has 88 valence electrons. The molecule has 2 rings (SSSR count). The van der Waals surface area contributed by atoms with Crippen molar-refractivity contribution in [2.24, 2.45) is 0 Å². The predicted octanol–water partition coefficient (Wildman–Crippen LogP) is 1.27. The first-order chi connectivity index (χ1) is 7.48. The van der Waals surface area contributed by atoms with Crippen LogP contribution in [0.2, 0.25) is 0 Å². The van der Waals surface area contributed by atoms with E-state index in [1.807, 2.05) is 6.07 Å². The number of hydrogen-bond acceptors (Lipinski definition) is 4. The van der Waals surface area contributed by atoms with E-state index >= 15 is 0 Å². The first kappa shape index (κ1) is 11.3. The molecule has 0 aromatic heterocycles. The molecule has 0 radical (unpaired) electrons. The Labute approximate surface area is 95.0 Å². The van der Waals surface area contributed by atoms with Gasteiger partial charge in [-0.1, -0.05) is 6.07 Å².